The van der Waals surface area contributed by atoms with E-state index in [1.807, 2.05) is 30.0 Å². The van der Waals surface area contributed by atoms with Crippen molar-refractivity contribution in [3.8, 4) is 11.5 Å². The van der Waals surface area contributed by atoms with Crippen molar-refractivity contribution in [3.63, 3.8) is 0 Å². The smallest absolute Gasteiger partial charge is 0.337 e. The van der Waals surface area contributed by atoms with Gasteiger partial charge in [0.25, 0.3) is 0 Å². The first kappa shape index (κ1) is 18.9. The Morgan fingerprint density at radius 1 is 1.07 bits per heavy atom. The predicted octanol–water partition coefficient (Wildman–Crippen LogP) is 3.93. The number of carbonyl (C=O) groups is 1. The third-order valence-corrected chi connectivity index (χ3v) is 6.52. The molecule has 1 fully saturated rings. The summed E-state index contributed by atoms with van der Waals surface area (Å²) in [5.41, 5.74) is 4.80. The zero-order valence-electron chi connectivity index (χ0n) is 16.2. The highest BCUT2D eigenvalue weighted by molar-refractivity contribution is 7.99. The van der Waals surface area contributed by atoms with Crippen molar-refractivity contribution in [1.29, 1.82) is 0 Å². The quantitative estimate of drug-likeness (QED) is 0.732. The SMILES string of the molecule is COC(=O)c1ccc(C2=N[C@@H]3CCSC[C@@H]3c3cc(OC)c(OC)cc32)cc1. The number of methoxy groups -OCH3 is 3. The molecule has 6 heteroatoms. The lowest BCUT2D eigenvalue weighted by molar-refractivity contribution is 0.0600. The Labute approximate surface area is 169 Å². The number of fused-ring (bicyclic) bond motifs is 3. The van der Waals surface area contributed by atoms with E-state index in [0.29, 0.717) is 17.2 Å². The molecule has 5 nitrogen and oxygen atoms in total. The number of aliphatic imine (C=N–C) groups is 1. The molecular weight excluding hydrogens is 374 g/mol. The van der Waals surface area contributed by atoms with Crippen LogP contribution in [0.1, 0.15) is 39.4 Å². The molecule has 0 aliphatic carbocycles. The summed E-state index contributed by atoms with van der Waals surface area (Å²) < 4.78 is 15.9. The van der Waals surface area contributed by atoms with E-state index in [1.165, 1.54) is 12.7 Å². The molecule has 2 aliphatic heterocycles. The van der Waals surface area contributed by atoms with Gasteiger partial charge in [0.15, 0.2) is 11.5 Å². The molecular formula is C22H23NO4S. The number of nitrogens with zero attached hydrogens (tertiary/aromatic N) is 1. The number of hydrogen-bond acceptors (Lipinski definition) is 6. The number of benzene rings is 2. The van der Waals surface area contributed by atoms with Gasteiger partial charge in [-0.2, -0.15) is 11.8 Å². The number of rotatable bonds is 4. The third-order valence-electron chi connectivity index (χ3n) is 5.40. The second-order valence-corrected chi connectivity index (χ2v) is 8.03. The van der Waals surface area contributed by atoms with Crippen molar-refractivity contribution in [2.24, 2.45) is 4.99 Å². The number of carbonyl (C=O) groups excluding carboxylic acids is 1. The zero-order valence-corrected chi connectivity index (χ0v) is 17.0. The molecule has 146 valence electrons. The van der Waals surface area contributed by atoms with E-state index in [1.54, 1.807) is 26.4 Å². The molecule has 0 saturated carbocycles. The van der Waals surface area contributed by atoms with Crippen molar-refractivity contribution in [1.82, 2.24) is 0 Å². The van der Waals surface area contributed by atoms with Gasteiger partial charge in [-0.1, -0.05) is 12.1 Å². The van der Waals surface area contributed by atoms with Gasteiger partial charge in [-0.05, 0) is 42.0 Å². The van der Waals surface area contributed by atoms with E-state index in [0.717, 1.165) is 40.5 Å². The zero-order chi connectivity index (χ0) is 19.7. The summed E-state index contributed by atoms with van der Waals surface area (Å²) in [6.45, 7) is 0. The Balaban J connectivity index is 1.83. The van der Waals surface area contributed by atoms with Crippen LogP contribution in [-0.4, -0.2) is 50.6 Å². The molecule has 0 N–H and O–H groups in total. The van der Waals surface area contributed by atoms with Crippen LogP contribution in [0.15, 0.2) is 41.4 Å². The fraction of sp³-hybridized carbons (Fsp3) is 0.364. The number of hydrogen-bond donors (Lipinski definition) is 0. The number of esters is 1. The summed E-state index contributed by atoms with van der Waals surface area (Å²) >= 11 is 1.98. The largest absolute Gasteiger partial charge is 0.493 e. The molecule has 0 bridgehead atoms. The van der Waals surface area contributed by atoms with Crippen LogP contribution in [0.2, 0.25) is 0 Å². The van der Waals surface area contributed by atoms with Gasteiger partial charge in [-0.25, -0.2) is 4.79 Å². The van der Waals surface area contributed by atoms with E-state index in [-0.39, 0.29) is 12.0 Å². The average molecular weight is 397 g/mol. The Morgan fingerprint density at radius 3 is 2.46 bits per heavy atom. The molecule has 2 aliphatic rings. The molecule has 2 atom stereocenters. The molecule has 0 spiro atoms. The molecule has 2 aromatic carbocycles. The number of ether oxygens (including phenoxy) is 3. The van der Waals surface area contributed by atoms with Crippen LogP contribution in [0.4, 0.5) is 0 Å². The molecule has 0 radical (unpaired) electrons. The van der Waals surface area contributed by atoms with E-state index in [4.69, 9.17) is 19.2 Å². The molecule has 0 aromatic heterocycles. The van der Waals surface area contributed by atoms with Crippen molar-refractivity contribution < 1.29 is 19.0 Å². The lowest BCUT2D eigenvalue weighted by Crippen LogP contribution is -2.31. The van der Waals surface area contributed by atoms with Gasteiger partial charge in [-0.3, -0.25) is 4.99 Å². The standard InChI is InChI=1S/C22H23NO4S/c1-25-19-10-15-16(11-20(19)26-2)21(23-18-8-9-28-12-17(15)18)13-4-6-14(7-5-13)22(24)27-3/h4-7,10-11,17-18H,8-9,12H2,1-3H3/t17-,18-/m1/s1. The molecule has 2 aromatic rings. The van der Waals surface area contributed by atoms with Gasteiger partial charge in [0.05, 0.1) is 38.6 Å². The molecule has 28 heavy (non-hydrogen) atoms. The fourth-order valence-corrected chi connectivity index (χ4v) is 5.16. The second-order valence-electron chi connectivity index (χ2n) is 6.88. The van der Waals surface area contributed by atoms with Crippen LogP contribution in [-0.2, 0) is 4.74 Å². The van der Waals surface area contributed by atoms with Crippen LogP contribution < -0.4 is 9.47 Å². The third kappa shape index (κ3) is 3.26. The van der Waals surface area contributed by atoms with Gasteiger partial charge in [-0.15, -0.1) is 0 Å². The minimum atomic E-state index is -0.340. The Morgan fingerprint density at radius 2 is 1.79 bits per heavy atom. The lowest BCUT2D eigenvalue weighted by Gasteiger charge is -2.35. The summed E-state index contributed by atoms with van der Waals surface area (Å²) in [4.78, 5) is 16.9. The molecule has 0 amide bonds. The predicted molar refractivity (Wildman–Crippen MR) is 111 cm³/mol. The Kier molecular flexibility index (Phi) is 5.31. The summed E-state index contributed by atoms with van der Waals surface area (Å²) in [6, 6.07) is 11.8. The van der Waals surface area contributed by atoms with E-state index in [2.05, 4.69) is 6.07 Å². The van der Waals surface area contributed by atoms with Gasteiger partial charge in [0.2, 0.25) is 0 Å². The maximum absolute atomic E-state index is 11.8. The second kappa shape index (κ2) is 7.87. The minimum absolute atomic E-state index is 0.266. The van der Waals surface area contributed by atoms with E-state index < -0.39 is 0 Å². The highest BCUT2D eigenvalue weighted by atomic mass is 32.2. The van der Waals surface area contributed by atoms with Crippen molar-refractivity contribution in [3.05, 3.63) is 58.7 Å². The highest BCUT2D eigenvalue weighted by Crippen LogP contribution is 2.43. The first-order chi connectivity index (χ1) is 13.7. The molecule has 2 heterocycles. The first-order valence-electron chi connectivity index (χ1n) is 9.26. The van der Waals surface area contributed by atoms with Gasteiger partial charge >= 0.3 is 5.97 Å². The van der Waals surface area contributed by atoms with Crippen LogP contribution in [0.25, 0.3) is 0 Å². The van der Waals surface area contributed by atoms with Gasteiger partial charge in [0, 0.05) is 22.8 Å². The monoisotopic (exact) mass is 397 g/mol. The summed E-state index contributed by atoms with van der Waals surface area (Å²) in [5, 5.41) is 0. The highest BCUT2D eigenvalue weighted by Gasteiger charge is 2.35. The van der Waals surface area contributed by atoms with Crippen LogP contribution in [0.5, 0.6) is 11.5 Å². The van der Waals surface area contributed by atoms with Crippen molar-refractivity contribution >= 4 is 23.4 Å². The summed E-state index contributed by atoms with van der Waals surface area (Å²) in [6.07, 6.45) is 1.06. The Bertz CT molecular complexity index is 923. The molecule has 4 rings (SSSR count). The summed E-state index contributed by atoms with van der Waals surface area (Å²) in [5.74, 6) is 3.67. The maximum Gasteiger partial charge on any atom is 0.337 e. The van der Waals surface area contributed by atoms with Crippen LogP contribution >= 0.6 is 11.8 Å². The lowest BCUT2D eigenvalue weighted by atomic mass is 9.81. The molecule has 0 unspecified atom stereocenters. The van der Waals surface area contributed by atoms with Crippen LogP contribution in [0, 0.1) is 0 Å². The van der Waals surface area contributed by atoms with Crippen molar-refractivity contribution in [2.75, 3.05) is 32.8 Å². The van der Waals surface area contributed by atoms with Gasteiger partial charge in [0.1, 0.15) is 0 Å². The average Bonchev–Trinajstić information content (AvgIpc) is 2.77. The Hall–Kier alpha value is -2.47. The normalized spacial score (nSPS) is 20.5. The topological polar surface area (TPSA) is 57.1 Å². The molecule has 1 saturated heterocycles. The van der Waals surface area contributed by atoms with Gasteiger partial charge < -0.3 is 14.2 Å². The van der Waals surface area contributed by atoms with E-state index >= 15 is 0 Å². The minimum Gasteiger partial charge on any atom is -0.493 e. The van der Waals surface area contributed by atoms with Crippen molar-refractivity contribution in [2.45, 2.75) is 18.4 Å². The summed E-state index contributed by atoms with van der Waals surface area (Å²) in [7, 11) is 4.70. The van der Waals surface area contributed by atoms with E-state index in [9.17, 15) is 4.79 Å². The number of thioether (sulfide) groups is 1. The maximum atomic E-state index is 11.8. The fourth-order valence-electron chi connectivity index (χ4n) is 3.93. The van der Waals surface area contributed by atoms with Crippen LogP contribution in [0.3, 0.4) is 0 Å². The first-order valence-corrected chi connectivity index (χ1v) is 10.4.